The molecule has 0 radical (unpaired) electrons. The van der Waals surface area contributed by atoms with E-state index in [1.165, 1.54) is 17.4 Å². The molecule has 0 aliphatic carbocycles. The smallest absolute Gasteiger partial charge is 0.257 e. The van der Waals surface area contributed by atoms with Crippen molar-refractivity contribution in [1.29, 1.82) is 0 Å². The molecule has 0 saturated heterocycles. The van der Waals surface area contributed by atoms with Gasteiger partial charge >= 0.3 is 0 Å². The molecule has 28 heavy (non-hydrogen) atoms. The second-order valence-corrected chi connectivity index (χ2v) is 9.37. The number of hydrogen-bond donors (Lipinski definition) is 2. The average molecular weight is 436 g/mol. The summed E-state index contributed by atoms with van der Waals surface area (Å²) in [6, 6.07) is 10.4. The number of benzene rings is 2. The largest absolute Gasteiger partial charge is 0.298 e. The number of amides is 1. The van der Waals surface area contributed by atoms with Crippen LogP contribution in [0, 0.1) is 13.8 Å². The summed E-state index contributed by atoms with van der Waals surface area (Å²) < 4.78 is 23.5. The lowest BCUT2D eigenvalue weighted by atomic mass is 10.1. The molecule has 0 fully saturated rings. The Morgan fingerprint density at radius 3 is 2.64 bits per heavy atom. The van der Waals surface area contributed by atoms with Gasteiger partial charge in [0.2, 0.25) is 10.0 Å². The van der Waals surface area contributed by atoms with E-state index in [0.29, 0.717) is 27.7 Å². The highest BCUT2D eigenvalue weighted by atomic mass is 35.5. The van der Waals surface area contributed by atoms with Crippen molar-refractivity contribution in [3.63, 3.8) is 0 Å². The monoisotopic (exact) mass is 435 g/mol. The van der Waals surface area contributed by atoms with Gasteiger partial charge in [-0.2, -0.15) is 0 Å². The fourth-order valence-corrected chi connectivity index (χ4v) is 4.61. The van der Waals surface area contributed by atoms with Gasteiger partial charge in [-0.3, -0.25) is 10.1 Å². The number of hydrogen-bond acceptors (Lipinski definition) is 5. The van der Waals surface area contributed by atoms with Gasteiger partial charge in [-0.15, -0.1) is 11.3 Å². The Labute approximate surface area is 172 Å². The zero-order valence-electron chi connectivity index (χ0n) is 15.2. The summed E-state index contributed by atoms with van der Waals surface area (Å²) in [6.45, 7) is 3.38. The highest BCUT2D eigenvalue weighted by Crippen LogP contribution is 2.26. The van der Waals surface area contributed by atoms with Gasteiger partial charge in [-0.1, -0.05) is 29.8 Å². The zero-order valence-corrected chi connectivity index (χ0v) is 17.6. The summed E-state index contributed by atoms with van der Waals surface area (Å²) in [6.07, 6.45) is 2.28. The van der Waals surface area contributed by atoms with Crippen LogP contribution in [0.15, 0.2) is 47.5 Å². The number of carbonyl (C=O) groups excluding carboxylic acids is 1. The van der Waals surface area contributed by atoms with Crippen LogP contribution in [0.4, 0.5) is 5.13 Å². The van der Waals surface area contributed by atoms with E-state index < -0.39 is 15.9 Å². The first-order valence-electron chi connectivity index (χ1n) is 8.28. The molecule has 0 atom stereocenters. The minimum absolute atomic E-state index is 0.0591. The number of nitrogens with one attached hydrogen (secondary N) is 1. The number of halogens is 1. The van der Waals surface area contributed by atoms with Crippen molar-refractivity contribution in [3.05, 3.63) is 74.7 Å². The van der Waals surface area contributed by atoms with Crippen molar-refractivity contribution < 1.29 is 13.2 Å². The van der Waals surface area contributed by atoms with E-state index in [1.54, 1.807) is 26.1 Å². The minimum Gasteiger partial charge on any atom is -0.298 e. The lowest BCUT2D eigenvalue weighted by Gasteiger charge is -2.10. The Hall–Kier alpha value is -2.26. The van der Waals surface area contributed by atoms with Crippen LogP contribution in [0.1, 0.15) is 31.9 Å². The quantitative estimate of drug-likeness (QED) is 0.634. The Balaban J connectivity index is 1.80. The third kappa shape index (κ3) is 4.59. The van der Waals surface area contributed by atoms with E-state index in [4.69, 9.17) is 16.7 Å². The second kappa shape index (κ2) is 8.00. The molecule has 9 heteroatoms. The van der Waals surface area contributed by atoms with E-state index in [0.717, 1.165) is 10.4 Å². The summed E-state index contributed by atoms with van der Waals surface area (Å²) in [5.41, 5.74) is 2.36. The van der Waals surface area contributed by atoms with Crippen molar-refractivity contribution in [2.45, 2.75) is 25.2 Å². The molecule has 0 bridgehead atoms. The van der Waals surface area contributed by atoms with Gasteiger partial charge in [-0.25, -0.2) is 18.5 Å². The number of primary sulfonamides is 1. The maximum Gasteiger partial charge on any atom is 0.257 e. The maximum absolute atomic E-state index is 12.6. The van der Waals surface area contributed by atoms with Crippen LogP contribution in [0.25, 0.3) is 0 Å². The van der Waals surface area contributed by atoms with E-state index in [9.17, 15) is 13.2 Å². The summed E-state index contributed by atoms with van der Waals surface area (Å²) in [5.74, 6) is -0.452. The van der Waals surface area contributed by atoms with Crippen LogP contribution >= 0.6 is 22.9 Å². The molecule has 3 N–H and O–H groups in total. The van der Waals surface area contributed by atoms with E-state index in [-0.39, 0.29) is 10.5 Å². The maximum atomic E-state index is 12.6. The molecular weight excluding hydrogens is 418 g/mol. The molecule has 2 aromatic carbocycles. The predicted molar refractivity (Wildman–Crippen MR) is 112 cm³/mol. The van der Waals surface area contributed by atoms with Crippen molar-refractivity contribution >= 4 is 44.0 Å². The molecule has 0 spiro atoms. The van der Waals surface area contributed by atoms with Gasteiger partial charge < -0.3 is 0 Å². The number of anilines is 1. The molecule has 0 aliphatic rings. The number of aromatic nitrogens is 1. The molecule has 146 valence electrons. The molecule has 0 unspecified atom stereocenters. The van der Waals surface area contributed by atoms with Crippen LogP contribution in [-0.2, 0) is 16.4 Å². The number of nitrogens with two attached hydrogens (primary N) is 1. The highest BCUT2D eigenvalue weighted by molar-refractivity contribution is 7.89. The molecule has 0 saturated carbocycles. The fraction of sp³-hybridized carbons (Fsp3) is 0.158. The predicted octanol–water partition coefficient (Wildman–Crippen LogP) is 3.90. The van der Waals surface area contributed by atoms with Crippen LogP contribution in [0.3, 0.4) is 0 Å². The molecule has 6 nitrogen and oxygen atoms in total. The number of nitrogens with zero attached hydrogens (tertiary/aromatic N) is 1. The standard InChI is InChI=1S/C19H18ClN3O3S2/c1-11-7-14(9-17(12(11)2)28(21,25)26)18(24)23-19-22-10-15(27-19)8-13-5-3-4-6-16(13)20/h3-7,9-10H,8H2,1-2H3,(H2,21,25,26)(H,22,23,24). The number of aryl methyl sites for hydroxylation is 1. The van der Waals surface area contributed by atoms with Crippen LogP contribution in [0.5, 0.6) is 0 Å². The molecule has 1 heterocycles. The fourth-order valence-electron chi connectivity index (χ4n) is 2.70. The molecule has 1 aromatic heterocycles. The Morgan fingerprint density at radius 2 is 1.96 bits per heavy atom. The summed E-state index contributed by atoms with van der Waals surface area (Å²) in [7, 11) is -3.92. The van der Waals surface area contributed by atoms with Crippen LogP contribution in [-0.4, -0.2) is 19.3 Å². The lowest BCUT2D eigenvalue weighted by molar-refractivity contribution is 0.102. The van der Waals surface area contributed by atoms with E-state index >= 15 is 0 Å². The zero-order chi connectivity index (χ0) is 20.5. The average Bonchev–Trinajstić information content (AvgIpc) is 3.05. The van der Waals surface area contributed by atoms with Gasteiger partial charge in [0, 0.05) is 28.1 Å². The third-order valence-corrected chi connectivity index (χ3v) is 6.60. The number of sulfonamides is 1. The molecule has 1 amide bonds. The first-order valence-corrected chi connectivity index (χ1v) is 11.0. The SMILES string of the molecule is Cc1cc(C(=O)Nc2ncc(Cc3ccccc3Cl)s2)cc(S(N)(=O)=O)c1C. The Kier molecular flexibility index (Phi) is 5.85. The number of carbonyl (C=O) groups is 1. The second-order valence-electron chi connectivity index (χ2n) is 6.32. The summed E-state index contributed by atoms with van der Waals surface area (Å²) >= 11 is 7.51. The normalized spacial score (nSPS) is 11.4. The Morgan fingerprint density at radius 1 is 1.25 bits per heavy atom. The number of rotatable bonds is 5. The first kappa shape index (κ1) is 20.5. The van der Waals surface area contributed by atoms with E-state index in [1.807, 2.05) is 24.3 Å². The molecular formula is C19H18ClN3O3S2. The summed E-state index contributed by atoms with van der Waals surface area (Å²) in [4.78, 5) is 17.7. The lowest BCUT2D eigenvalue weighted by Crippen LogP contribution is -2.17. The minimum atomic E-state index is -3.92. The molecule has 3 rings (SSSR count). The molecule has 0 aliphatic heterocycles. The Bertz CT molecular complexity index is 1160. The van der Waals surface area contributed by atoms with E-state index in [2.05, 4.69) is 10.3 Å². The van der Waals surface area contributed by atoms with Crippen molar-refractivity contribution in [2.75, 3.05) is 5.32 Å². The molecule has 3 aromatic rings. The van der Waals surface area contributed by atoms with Gasteiger partial charge in [-0.05, 0) is 48.7 Å². The highest BCUT2D eigenvalue weighted by Gasteiger charge is 2.18. The summed E-state index contributed by atoms with van der Waals surface area (Å²) in [5, 5.41) is 9.05. The van der Waals surface area contributed by atoms with Gasteiger partial charge in [0.15, 0.2) is 5.13 Å². The van der Waals surface area contributed by atoms with Gasteiger partial charge in [0.25, 0.3) is 5.91 Å². The van der Waals surface area contributed by atoms with Gasteiger partial charge in [0.05, 0.1) is 4.90 Å². The number of thiazole rings is 1. The third-order valence-electron chi connectivity index (χ3n) is 4.28. The van der Waals surface area contributed by atoms with Crippen LogP contribution < -0.4 is 10.5 Å². The topological polar surface area (TPSA) is 102 Å². The van der Waals surface area contributed by atoms with Crippen molar-refractivity contribution in [2.24, 2.45) is 5.14 Å². The van der Waals surface area contributed by atoms with Crippen molar-refractivity contribution in [3.8, 4) is 0 Å². The van der Waals surface area contributed by atoms with Gasteiger partial charge in [0.1, 0.15) is 0 Å². The first-order chi connectivity index (χ1) is 13.1. The van der Waals surface area contributed by atoms with Crippen LogP contribution in [0.2, 0.25) is 5.02 Å². The van der Waals surface area contributed by atoms with Crippen molar-refractivity contribution in [1.82, 2.24) is 4.98 Å².